The third-order valence-electron chi connectivity index (χ3n) is 2.83. The number of carbonyl (C=O) groups is 1. The van der Waals surface area contributed by atoms with Gasteiger partial charge in [-0.15, -0.1) is 0 Å². The molecule has 86 valence electrons. The normalized spacial score (nSPS) is 20.3. The molecule has 0 aromatic heterocycles. The molecule has 0 bridgehead atoms. The van der Waals surface area contributed by atoms with E-state index < -0.39 is 0 Å². The minimum absolute atomic E-state index is 0.147. The molecule has 0 aromatic carbocycles. The number of unbranched alkanes of at least 4 members (excludes halogenated alkanes) is 5. The molecular weight excluding hydrogens is 188 g/mol. The molecule has 0 amide bonds. The van der Waals surface area contributed by atoms with Gasteiger partial charge in [0.25, 0.3) is 0 Å². The summed E-state index contributed by atoms with van der Waals surface area (Å²) in [4.78, 5) is 11.1. The molecule has 0 radical (unpaired) electrons. The predicted molar refractivity (Wildman–Crippen MR) is 61.6 cm³/mol. The number of allylic oxidation sites excluding steroid dienone is 1. The molecule has 2 heteroatoms. The predicted octanol–water partition coefficient (Wildman–Crippen LogP) is 3.61. The summed E-state index contributed by atoms with van der Waals surface area (Å²) in [5, 5.41) is 0. The number of carbonyl (C=O) groups excluding carboxylic acids is 1. The lowest BCUT2D eigenvalue weighted by molar-refractivity contribution is -0.118. The number of ketones is 1. The Morgan fingerprint density at radius 2 is 2.00 bits per heavy atom. The van der Waals surface area contributed by atoms with Gasteiger partial charge in [0, 0.05) is 12.5 Å². The molecule has 0 spiro atoms. The summed E-state index contributed by atoms with van der Waals surface area (Å²) in [6, 6.07) is 0. The average molecular weight is 210 g/mol. The van der Waals surface area contributed by atoms with Gasteiger partial charge in [-0.1, -0.05) is 39.0 Å². The van der Waals surface area contributed by atoms with Crippen LogP contribution in [0.2, 0.25) is 0 Å². The van der Waals surface area contributed by atoms with E-state index in [0.29, 0.717) is 6.42 Å². The van der Waals surface area contributed by atoms with Crippen molar-refractivity contribution in [2.75, 3.05) is 0 Å². The third kappa shape index (κ3) is 5.60. The van der Waals surface area contributed by atoms with Crippen LogP contribution in [-0.4, -0.2) is 11.9 Å². The van der Waals surface area contributed by atoms with Crippen molar-refractivity contribution in [2.45, 2.75) is 64.4 Å². The van der Waals surface area contributed by atoms with Gasteiger partial charge < -0.3 is 4.74 Å². The minimum atomic E-state index is 0.147. The fourth-order valence-electron chi connectivity index (χ4n) is 1.89. The zero-order valence-corrected chi connectivity index (χ0v) is 9.71. The Bertz CT molecular complexity index is 209. The van der Waals surface area contributed by atoms with E-state index in [4.69, 9.17) is 4.74 Å². The lowest BCUT2D eigenvalue weighted by atomic mass is 10.0. The van der Waals surface area contributed by atoms with Crippen molar-refractivity contribution < 1.29 is 9.53 Å². The number of ether oxygens (including phenoxy) is 1. The molecular formula is C13H22O2. The molecule has 0 fully saturated rings. The van der Waals surface area contributed by atoms with E-state index in [-0.39, 0.29) is 11.9 Å². The fraction of sp³-hybridized carbons (Fsp3) is 0.769. The minimum Gasteiger partial charge on any atom is -0.497 e. The first kappa shape index (κ1) is 12.3. The number of rotatable bonds is 7. The monoisotopic (exact) mass is 210 g/mol. The van der Waals surface area contributed by atoms with Crippen molar-refractivity contribution in [3.05, 3.63) is 12.3 Å². The summed E-state index contributed by atoms with van der Waals surface area (Å²) in [5.41, 5.74) is 0. The second kappa shape index (κ2) is 7.49. The standard InChI is InChI=1S/C13H22O2/c1-2-3-4-5-6-7-8-13-11-12(14)9-10-15-13/h9-10,13H,2-8,11H2,1H3/t13-/m0/s1. The quantitative estimate of drug-likeness (QED) is 0.600. The number of hydrogen-bond donors (Lipinski definition) is 0. The SMILES string of the molecule is CCCCCCCC[C@H]1CC(=O)C=CO1. The zero-order chi connectivity index (χ0) is 10.9. The van der Waals surface area contributed by atoms with Gasteiger partial charge >= 0.3 is 0 Å². The topological polar surface area (TPSA) is 26.3 Å². The van der Waals surface area contributed by atoms with Gasteiger partial charge in [-0.25, -0.2) is 0 Å². The molecule has 2 nitrogen and oxygen atoms in total. The highest BCUT2D eigenvalue weighted by atomic mass is 16.5. The first-order valence-electron chi connectivity index (χ1n) is 6.17. The largest absolute Gasteiger partial charge is 0.497 e. The Morgan fingerprint density at radius 3 is 2.73 bits per heavy atom. The molecule has 0 saturated carbocycles. The second-order valence-electron chi connectivity index (χ2n) is 4.29. The van der Waals surface area contributed by atoms with E-state index in [1.165, 1.54) is 44.6 Å². The summed E-state index contributed by atoms with van der Waals surface area (Å²) in [6.45, 7) is 2.23. The van der Waals surface area contributed by atoms with E-state index >= 15 is 0 Å². The van der Waals surface area contributed by atoms with Crippen molar-refractivity contribution in [1.82, 2.24) is 0 Å². The molecule has 1 rings (SSSR count). The Morgan fingerprint density at radius 1 is 1.27 bits per heavy atom. The molecule has 0 aliphatic carbocycles. The second-order valence-corrected chi connectivity index (χ2v) is 4.29. The molecule has 15 heavy (non-hydrogen) atoms. The van der Waals surface area contributed by atoms with Crippen molar-refractivity contribution in [1.29, 1.82) is 0 Å². The Labute approximate surface area is 92.7 Å². The van der Waals surface area contributed by atoms with E-state index in [9.17, 15) is 4.79 Å². The fourth-order valence-corrected chi connectivity index (χ4v) is 1.89. The zero-order valence-electron chi connectivity index (χ0n) is 9.71. The highest BCUT2D eigenvalue weighted by molar-refractivity contribution is 5.90. The highest BCUT2D eigenvalue weighted by Gasteiger charge is 2.15. The van der Waals surface area contributed by atoms with Crippen LogP contribution in [0.3, 0.4) is 0 Å². The van der Waals surface area contributed by atoms with Gasteiger partial charge in [-0.05, 0) is 12.8 Å². The summed E-state index contributed by atoms with van der Waals surface area (Å²) in [5.74, 6) is 0.206. The van der Waals surface area contributed by atoms with Crippen LogP contribution in [0.5, 0.6) is 0 Å². The summed E-state index contributed by atoms with van der Waals surface area (Å²) in [7, 11) is 0. The van der Waals surface area contributed by atoms with E-state index in [1.54, 1.807) is 6.26 Å². The van der Waals surface area contributed by atoms with Crippen LogP contribution < -0.4 is 0 Å². The van der Waals surface area contributed by atoms with E-state index in [1.807, 2.05) is 0 Å². The van der Waals surface area contributed by atoms with E-state index in [2.05, 4.69) is 6.92 Å². The lowest BCUT2D eigenvalue weighted by Crippen LogP contribution is -2.18. The van der Waals surface area contributed by atoms with Gasteiger partial charge in [-0.2, -0.15) is 0 Å². The van der Waals surface area contributed by atoms with E-state index in [0.717, 1.165) is 6.42 Å². The van der Waals surface area contributed by atoms with Gasteiger partial charge in [0.1, 0.15) is 6.10 Å². The molecule has 0 unspecified atom stereocenters. The van der Waals surface area contributed by atoms with Crippen molar-refractivity contribution >= 4 is 5.78 Å². The molecule has 0 N–H and O–H groups in total. The first-order valence-corrected chi connectivity index (χ1v) is 6.17. The van der Waals surface area contributed by atoms with Crippen LogP contribution in [0.4, 0.5) is 0 Å². The molecule has 1 atom stereocenters. The van der Waals surface area contributed by atoms with Crippen LogP contribution in [0, 0.1) is 0 Å². The van der Waals surface area contributed by atoms with Crippen molar-refractivity contribution in [2.24, 2.45) is 0 Å². The summed E-state index contributed by atoms with van der Waals surface area (Å²) >= 11 is 0. The van der Waals surface area contributed by atoms with Crippen LogP contribution in [0.25, 0.3) is 0 Å². The Kier molecular flexibility index (Phi) is 6.14. The van der Waals surface area contributed by atoms with Crippen LogP contribution >= 0.6 is 0 Å². The van der Waals surface area contributed by atoms with Gasteiger partial charge in [-0.3, -0.25) is 4.79 Å². The van der Waals surface area contributed by atoms with Crippen molar-refractivity contribution in [3.63, 3.8) is 0 Å². The molecule has 0 aromatic rings. The Balaban J connectivity index is 1.96. The summed E-state index contributed by atoms with van der Waals surface area (Å²) < 4.78 is 5.37. The van der Waals surface area contributed by atoms with Crippen molar-refractivity contribution in [3.8, 4) is 0 Å². The first-order chi connectivity index (χ1) is 7.33. The van der Waals surface area contributed by atoms with Gasteiger partial charge in [0.05, 0.1) is 6.26 Å². The lowest BCUT2D eigenvalue weighted by Gasteiger charge is -2.18. The third-order valence-corrected chi connectivity index (χ3v) is 2.83. The molecule has 1 aliphatic heterocycles. The van der Waals surface area contributed by atoms with Gasteiger partial charge in [0.15, 0.2) is 5.78 Å². The Hall–Kier alpha value is -0.790. The average Bonchev–Trinajstić information content (AvgIpc) is 2.23. The van der Waals surface area contributed by atoms with Crippen LogP contribution in [0.1, 0.15) is 58.3 Å². The maximum Gasteiger partial charge on any atom is 0.162 e. The van der Waals surface area contributed by atoms with Gasteiger partial charge in [0.2, 0.25) is 0 Å². The summed E-state index contributed by atoms with van der Waals surface area (Å²) in [6.07, 6.45) is 12.6. The number of hydrogen-bond acceptors (Lipinski definition) is 2. The van der Waals surface area contributed by atoms with Crippen LogP contribution in [0.15, 0.2) is 12.3 Å². The highest BCUT2D eigenvalue weighted by Crippen LogP contribution is 2.15. The molecule has 1 heterocycles. The maximum absolute atomic E-state index is 11.1. The molecule has 0 saturated heterocycles. The van der Waals surface area contributed by atoms with Crippen LogP contribution in [-0.2, 0) is 9.53 Å². The maximum atomic E-state index is 11.1. The smallest absolute Gasteiger partial charge is 0.162 e. The molecule has 1 aliphatic rings.